The summed E-state index contributed by atoms with van der Waals surface area (Å²) in [6.07, 6.45) is 1.93. The van der Waals surface area contributed by atoms with Gasteiger partial charge >= 0.3 is 0 Å². The monoisotopic (exact) mass is 327 g/mol. The highest BCUT2D eigenvalue weighted by Gasteiger charge is 2.45. The van der Waals surface area contributed by atoms with E-state index in [1.807, 2.05) is 18.2 Å². The van der Waals surface area contributed by atoms with Crippen molar-refractivity contribution in [3.05, 3.63) is 41.7 Å². The van der Waals surface area contributed by atoms with Crippen LogP contribution in [0.2, 0.25) is 0 Å². The van der Waals surface area contributed by atoms with Crippen LogP contribution in [0.4, 0.5) is 0 Å². The van der Waals surface area contributed by atoms with Crippen LogP contribution in [0.15, 0.2) is 34.9 Å². The molecule has 5 heteroatoms. The third kappa shape index (κ3) is 3.08. The molecule has 1 unspecified atom stereocenters. The molecule has 0 radical (unpaired) electrons. The maximum absolute atomic E-state index is 12.2. The van der Waals surface area contributed by atoms with E-state index in [0.29, 0.717) is 6.54 Å². The molecule has 128 valence electrons. The average molecular weight is 327 g/mol. The number of carbonyl (C=O) groups excluding carboxylic acids is 1. The van der Waals surface area contributed by atoms with Crippen molar-refractivity contribution in [3.8, 4) is 11.3 Å². The number of aromatic nitrogens is 1. The lowest BCUT2D eigenvalue weighted by Crippen LogP contribution is -2.45. The van der Waals surface area contributed by atoms with E-state index in [9.17, 15) is 4.79 Å². The quantitative estimate of drug-likeness (QED) is 0.856. The van der Waals surface area contributed by atoms with Gasteiger partial charge in [-0.15, -0.1) is 0 Å². The topological polar surface area (TPSA) is 67.2 Å². The van der Waals surface area contributed by atoms with E-state index in [4.69, 9.17) is 4.52 Å². The van der Waals surface area contributed by atoms with E-state index >= 15 is 0 Å². The highest BCUT2D eigenvalue weighted by atomic mass is 16.5. The lowest BCUT2D eigenvalue weighted by atomic mass is 9.77. The Morgan fingerprint density at radius 2 is 2.00 bits per heavy atom. The second-order valence-electron chi connectivity index (χ2n) is 6.65. The molecule has 1 amide bonds. The summed E-state index contributed by atoms with van der Waals surface area (Å²) in [6.45, 7) is 7.58. The summed E-state index contributed by atoms with van der Waals surface area (Å²) in [4.78, 5) is 12.2. The van der Waals surface area contributed by atoms with E-state index in [1.54, 1.807) is 0 Å². The van der Waals surface area contributed by atoms with Crippen LogP contribution < -0.4 is 10.6 Å². The molecule has 3 rings (SSSR count). The molecule has 1 aliphatic heterocycles. The lowest BCUT2D eigenvalue weighted by molar-refractivity contribution is -0.122. The van der Waals surface area contributed by atoms with Crippen molar-refractivity contribution in [1.29, 1.82) is 0 Å². The smallest absolute Gasteiger partial charge is 0.237 e. The van der Waals surface area contributed by atoms with Crippen molar-refractivity contribution in [3.63, 3.8) is 0 Å². The van der Waals surface area contributed by atoms with Gasteiger partial charge in [-0.05, 0) is 19.8 Å². The van der Waals surface area contributed by atoms with Gasteiger partial charge < -0.3 is 9.84 Å². The Hall–Kier alpha value is -2.14. The third-order valence-electron chi connectivity index (χ3n) is 5.28. The molecular weight excluding hydrogens is 302 g/mol. The fourth-order valence-electron chi connectivity index (χ4n) is 3.42. The van der Waals surface area contributed by atoms with Crippen molar-refractivity contribution in [2.45, 2.75) is 46.2 Å². The molecule has 2 N–H and O–H groups in total. The van der Waals surface area contributed by atoms with Gasteiger partial charge in [0.2, 0.25) is 5.91 Å². The second-order valence-corrected chi connectivity index (χ2v) is 6.65. The molecule has 24 heavy (non-hydrogen) atoms. The molecule has 0 bridgehead atoms. The standard InChI is InChI=1S/C19H25N3O2/c1-4-19(5-2)12-21-18(23)17(19)20-11-15-10-16(22-24-15)14-8-6-13(3)7-9-14/h6-10,17,20H,4-5,11-12H2,1-3H3,(H,21,23). The number of rotatable bonds is 6. The van der Waals surface area contributed by atoms with Crippen LogP contribution in [-0.4, -0.2) is 23.7 Å². The summed E-state index contributed by atoms with van der Waals surface area (Å²) in [6, 6.07) is 9.94. The van der Waals surface area contributed by atoms with Gasteiger partial charge in [0.15, 0.2) is 5.76 Å². The van der Waals surface area contributed by atoms with Gasteiger partial charge in [0.25, 0.3) is 0 Å². The first-order valence-electron chi connectivity index (χ1n) is 8.61. The van der Waals surface area contributed by atoms with Crippen LogP contribution >= 0.6 is 0 Å². The molecule has 0 aliphatic carbocycles. The van der Waals surface area contributed by atoms with Crippen LogP contribution in [-0.2, 0) is 11.3 Å². The Bertz CT molecular complexity index is 702. The number of nitrogens with one attached hydrogen (secondary N) is 2. The second kappa shape index (κ2) is 6.77. The predicted octanol–water partition coefficient (Wildman–Crippen LogP) is 3.04. The number of amides is 1. The van der Waals surface area contributed by atoms with Gasteiger partial charge in [-0.2, -0.15) is 0 Å². The largest absolute Gasteiger partial charge is 0.359 e. The SMILES string of the molecule is CCC1(CC)CNC(=O)C1NCc1cc(-c2ccc(C)cc2)no1. The Balaban J connectivity index is 1.69. The predicted molar refractivity (Wildman–Crippen MR) is 93.3 cm³/mol. The molecule has 1 atom stereocenters. The highest BCUT2D eigenvalue weighted by Crippen LogP contribution is 2.34. The van der Waals surface area contributed by atoms with Gasteiger partial charge in [0.1, 0.15) is 5.69 Å². The first-order chi connectivity index (χ1) is 11.6. The van der Waals surface area contributed by atoms with Crippen molar-refractivity contribution in [2.75, 3.05) is 6.54 Å². The Morgan fingerprint density at radius 3 is 2.67 bits per heavy atom. The fraction of sp³-hybridized carbons (Fsp3) is 0.474. The zero-order valence-electron chi connectivity index (χ0n) is 14.6. The van der Waals surface area contributed by atoms with Crippen LogP contribution in [0.3, 0.4) is 0 Å². The van der Waals surface area contributed by atoms with E-state index in [0.717, 1.165) is 36.4 Å². The van der Waals surface area contributed by atoms with Crippen molar-refractivity contribution < 1.29 is 9.32 Å². The molecular formula is C19H25N3O2. The number of aryl methyl sites for hydroxylation is 1. The van der Waals surface area contributed by atoms with Gasteiger partial charge in [-0.25, -0.2) is 0 Å². The van der Waals surface area contributed by atoms with Crippen LogP contribution in [0, 0.1) is 12.3 Å². The molecule has 1 aromatic carbocycles. The zero-order chi connectivity index (χ0) is 17.2. The summed E-state index contributed by atoms with van der Waals surface area (Å²) >= 11 is 0. The van der Waals surface area contributed by atoms with Crippen molar-refractivity contribution >= 4 is 5.91 Å². The molecule has 0 spiro atoms. The molecule has 2 heterocycles. The minimum Gasteiger partial charge on any atom is -0.359 e. The molecule has 1 saturated heterocycles. The number of carbonyl (C=O) groups is 1. The number of nitrogens with zero attached hydrogens (tertiary/aromatic N) is 1. The zero-order valence-corrected chi connectivity index (χ0v) is 14.6. The third-order valence-corrected chi connectivity index (χ3v) is 5.28. The first kappa shape index (κ1) is 16.7. The maximum atomic E-state index is 12.2. The van der Waals surface area contributed by atoms with Crippen LogP contribution in [0.1, 0.15) is 38.0 Å². The van der Waals surface area contributed by atoms with E-state index in [-0.39, 0.29) is 17.4 Å². The first-order valence-corrected chi connectivity index (χ1v) is 8.61. The summed E-state index contributed by atoms with van der Waals surface area (Å²) in [5, 5.41) is 10.5. The molecule has 5 nitrogen and oxygen atoms in total. The van der Waals surface area contributed by atoms with E-state index < -0.39 is 0 Å². The van der Waals surface area contributed by atoms with Gasteiger partial charge in [-0.1, -0.05) is 48.8 Å². The summed E-state index contributed by atoms with van der Waals surface area (Å²) in [7, 11) is 0. The van der Waals surface area contributed by atoms with Gasteiger partial charge in [0.05, 0.1) is 12.6 Å². The summed E-state index contributed by atoms with van der Waals surface area (Å²) < 4.78 is 5.44. The Labute approximate surface area is 142 Å². The average Bonchev–Trinajstić information content (AvgIpc) is 3.19. The molecule has 2 aromatic rings. The number of benzene rings is 1. The van der Waals surface area contributed by atoms with Crippen LogP contribution in [0.5, 0.6) is 0 Å². The minimum absolute atomic E-state index is 0.0170. The van der Waals surface area contributed by atoms with E-state index in [2.05, 4.69) is 48.7 Å². The molecule has 1 aliphatic rings. The summed E-state index contributed by atoms with van der Waals surface area (Å²) in [5.74, 6) is 0.823. The number of hydrogen-bond acceptors (Lipinski definition) is 4. The molecule has 1 fully saturated rings. The highest BCUT2D eigenvalue weighted by molar-refractivity contribution is 5.85. The van der Waals surface area contributed by atoms with Crippen LogP contribution in [0.25, 0.3) is 11.3 Å². The molecule has 0 saturated carbocycles. The normalized spacial score (nSPS) is 19.5. The molecule has 1 aromatic heterocycles. The number of hydrogen-bond donors (Lipinski definition) is 2. The summed E-state index contributed by atoms with van der Waals surface area (Å²) in [5.41, 5.74) is 3.05. The Kier molecular flexibility index (Phi) is 4.71. The fourth-order valence-corrected chi connectivity index (χ4v) is 3.42. The minimum atomic E-state index is -0.180. The Morgan fingerprint density at radius 1 is 1.29 bits per heavy atom. The lowest BCUT2D eigenvalue weighted by Gasteiger charge is -2.31. The maximum Gasteiger partial charge on any atom is 0.237 e. The van der Waals surface area contributed by atoms with Crippen molar-refractivity contribution in [1.82, 2.24) is 15.8 Å². The van der Waals surface area contributed by atoms with Gasteiger partial charge in [-0.3, -0.25) is 10.1 Å². The van der Waals surface area contributed by atoms with E-state index in [1.165, 1.54) is 5.56 Å². The van der Waals surface area contributed by atoms with Gasteiger partial charge in [0, 0.05) is 23.6 Å². The van der Waals surface area contributed by atoms with Crippen molar-refractivity contribution in [2.24, 2.45) is 5.41 Å².